The highest BCUT2D eigenvalue weighted by Gasteiger charge is 2.19. The maximum atomic E-state index is 10.6. The summed E-state index contributed by atoms with van der Waals surface area (Å²) in [6, 6.07) is 9.75. The molecule has 0 radical (unpaired) electrons. The summed E-state index contributed by atoms with van der Waals surface area (Å²) >= 11 is 1.69. The lowest BCUT2D eigenvalue weighted by Gasteiger charge is -2.12. The van der Waals surface area contributed by atoms with Crippen molar-refractivity contribution in [1.29, 1.82) is 0 Å². The molecule has 1 aromatic carbocycles. The van der Waals surface area contributed by atoms with Gasteiger partial charge in [-0.3, -0.25) is 4.40 Å². The van der Waals surface area contributed by atoms with Gasteiger partial charge in [0, 0.05) is 4.88 Å². The molecule has 1 N–H and O–H groups in total. The van der Waals surface area contributed by atoms with Crippen molar-refractivity contribution in [2.45, 2.75) is 19.4 Å². The van der Waals surface area contributed by atoms with Crippen molar-refractivity contribution in [2.75, 3.05) is 0 Å². The van der Waals surface area contributed by atoms with Gasteiger partial charge in [-0.05, 0) is 12.0 Å². The van der Waals surface area contributed by atoms with Gasteiger partial charge in [0.1, 0.15) is 17.3 Å². The Morgan fingerprint density at radius 2 is 2.11 bits per heavy atom. The molecule has 18 heavy (non-hydrogen) atoms. The third-order valence-corrected chi connectivity index (χ3v) is 4.33. The van der Waals surface area contributed by atoms with Crippen molar-refractivity contribution < 1.29 is 5.11 Å². The first-order valence-corrected chi connectivity index (χ1v) is 6.79. The number of benzene rings is 1. The van der Waals surface area contributed by atoms with Crippen LogP contribution in [-0.4, -0.2) is 14.5 Å². The summed E-state index contributed by atoms with van der Waals surface area (Å²) in [6.45, 7) is 2.11. The van der Waals surface area contributed by atoms with Gasteiger partial charge in [-0.15, -0.1) is 11.3 Å². The van der Waals surface area contributed by atoms with Crippen LogP contribution in [0.3, 0.4) is 0 Å². The molecule has 2 aromatic heterocycles. The minimum atomic E-state index is -0.593. The highest BCUT2D eigenvalue weighted by molar-refractivity contribution is 7.17. The molecule has 92 valence electrons. The fourth-order valence-corrected chi connectivity index (χ4v) is 3.25. The number of aliphatic hydroxyl groups is 1. The number of hydrogen-bond acceptors (Lipinski definition) is 3. The first-order valence-electron chi connectivity index (χ1n) is 5.98. The summed E-state index contributed by atoms with van der Waals surface area (Å²) in [4.78, 5) is 6.43. The van der Waals surface area contributed by atoms with E-state index in [1.807, 2.05) is 40.9 Å². The van der Waals surface area contributed by atoms with Crippen LogP contribution in [0.25, 0.3) is 4.83 Å². The summed E-state index contributed by atoms with van der Waals surface area (Å²) < 4.78 is 1.99. The van der Waals surface area contributed by atoms with Crippen LogP contribution in [0.15, 0.2) is 42.9 Å². The largest absolute Gasteiger partial charge is 0.382 e. The maximum Gasteiger partial charge on any atom is 0.120 e. The molecule has 0 saturated carbocycles. The molecular weight excluding hydrogens is 244 g/mol. The number of thiazole rings is 1. The van der Waals surface area contributed by atoms with Crippen LogP contribution in [-0.2, 0) is 6.42 Å². The number of hydrogen-bond donors (Lipinski definition) is 1. The van der Waals surface area contributed by atoms with Crippen molar-refractivity contribution in [3.63, 3.8) is 0 Å². The van der Waals surface area contributed by atoms with E-state index in [9.17, 15) is 5.11 Å². The van der Waals surface area contributed by atoms with E-state index in [2.05, 4.69) is 11.9 Å². The van der Waals surface area contributed by atoms with Crippen LogP contribution >= 0.6 is 11.3 Å². The van der Waals surface area contributed by atoms with Crippen LogP contribution in [0.2, 0.25) is 0 Å². The molecule has 3 aromatic rings. The molecule has 0 fully saturated rings. The number of fused-ring (bicyclic) bond motifs is 1. The maximum absolute atomic E-state index is 10.6. The first kappa shape index (κ1) is 11.4. The quantitative estimate of drug-likeness (QED) is 0.784. The van der Waals surface area contributed by atoms with E-state index in [-0.39, 0.29) is 0 Å². The highest BCUT2D eigenvalue weighted by atomic mass is 32.1. The average Bonchev–Trinajstić information content (AvgIpc) is 2.98. The zero-order chi connectivity index (χ0) is 12.5. The molecule has 0 aliphatic carbocycles. The molecule has 2 heterocycles. The molecule has 0 bridgehead atoms. The van der Waals surface area contributed by atoms with E-state index in [4.69, 9.17) is 0 Å². The number of nitrogens with zero attached hydrogens (tertiary/aromatic N) is 2. The first-order chi connectivity index (χ1) is 8.81. The molecule has 3 nitrogen and oxygen atoms in total. The third kappa shape index (κ3) is 1.74. The van der Waals surface area contributed by atoms with Crippen LogP contribution in [0.1, 0.15) is 29.2 Å². The van der Waals surface area contributed by atoms with Gasteiger partial charge in [0.25, 0.3) is 0 Å². The Hall–Kier alpha value is -1.65. The summed E-state index contributed by atoms with van der Waals surface area (Å²) in [5.74, 6) is 0. The van der Waals surface area contributed by atoms with Gasteiger partial charge in [0.2, 0.25) is 0 Å². The molecule has 4 heteroatoms. The van der Waals surface area contributed by atoms with Crippen molar-refractivity contribution in [3.05, 3.63) is 59.0 Å². The van der Waals surface area contributed by atoms with Gasteiger partial charge in [-0.2, -0.15) is 0 Å². The normalized spacial score (nSPS) is 13.0. The van der Waals surface area contributed by atoms with Gasteiger partial charge in [0.15, 0.2) is 0 Å². The van der Waals surface area contributed by atoms with Crippen LogP contribution < -0.4 is 0 Å². The molecular formula is C14H14N2OS. The number of aryl methyl sites for hydroxylation is 1. The summed E-state index contributed by atoms with van der Waals surface area (Å²) in [5.41, 5.74) is 1.86. The molecule has 1 atom stereocenters. The third-order valence-electron chi connectivity index (χ3n) is 3.07. The van der Waals surface area contributed by atoms with Crippen molar-refractivity contribution in [2.24, 2.45) is 0 Å². The van der Waals surface area contributed by atoms with Crippen molar-refractivity contribution in [3.8, 4) is 0 Å². The van der Waals surface area contributed by atoms with Crippen molar-refractivity contribution >= 4 is 16.2 Å². The number of aliphatic hydroxyl groups excluding tert-OH is 1. The van der Waals surface area contributed by atoms with Crippen LogP contribution in [0, 0.1) is 0 Å². The topological polar surface area (TPSA) is 37.5 Å². The lowest BCUT2D eigenvalue weighted by atomic mass is 10.1. The molecule has 0 spiro atoms. The zero-order valence-electron chi connectivity index (χ0n) is 10.1. The standard InChI is InChI=1S/C14H14N2OS/c1-2-11-13(16-9-15-8-12(16)18-11)14(17)10-6-4-3-5-7-10/h3-9,14,17H,2H2,1H3. The Morgan fingerprint density at radius 3 is 2.83 bits per heavy atom. The Labute approximate surface area is 109 Å². The van der Waals surface area contributed by atoms with Gasteiger partial charge in [-0.1, -0.05) is 37.3 Å². The van der Waals surface area contributed by atoms with Crippen LogP contribution in [0.4, 0.5) is 0 Å². The fraction of sp³-hybridized carbons (Fsp3) is 0.214. The second-order valence-corrected chi connectivity index (χ2v) is 5.29. The van der Waals surface area contributed by atoms with Gasteiger partial charge in [-0.25, -0.2) is 4.98 Å². The molecule has 0 amide bonds. The molecule has 0 aliphatic rings. The van der Waals surface area contributed by atoms with Gasteiger partial charge < -0.3 is 5.11 Å². The predicted molar refractivity (Wildman–Crippen MR) is 73.0 cm³/mol. The second-order valence-electron chi connectivity index (χ2n) is 4.18. The van der Waals surface area contributed by atoms with Crippen molar-refractivity contribution in [1.82, 2.24) is 9.38 Å². The Balaban J connectivity index is 2.15. The van der Waals surface area contributed by atoms with E-state index in [0.29, 0.717) is 0 Å². The summed E-state index contributed by atoms with van der Waals surface area (Å²) in [7, 11) is 0. The smallest absolute Gasteiger partial charge is 0.120 e. The van der Waals surface area contributed by atoms with E-state index in [1.54, 1.807) is 17.7 Å². The van der Waals surface area contributed by atoms with Gasteiger partial charge >= 0.3 is 0 Å². The Morgan fingerprint density at radius 1 is 1.33 bits per heavy atom. The SMILES string of the molecule is CCc1sc2cncn2c1C(O)c1ccccc1. The molecule has 0 aliphatic heterocycles. The Bertz CT molecular complexity index is 657. The minimum absolute atomic E-state index is 0.593. The number of aromatic nitrogens is 2. The van der Waals surface area contributed by atoms with E-state index >= 15 is 0 Å². The van der Waals surface area contributed by atoms with Gasteiger partial charge in [0.05, 0.1) is 11.9 Å². The predicted octanol–water partition coefficient (Wildman–Crippen LogP) is 3.04. The zero-order valence-corrected chi connectivity index (χ0v) is 10.9. The summed E-state index contributed by atoms with van der Waals surface area (Å²) in [6.07, 6.45) is 3.94. The molecule has 0 saturated heterocycles. The lowest BCUT2D eigenvalue weighted by molar-refractivity contribution is 0.213. The monoisotopic (exact) mass is 258 g/mol. The van der Waals surface area contributed by atoms with E-state index in [0.717, 1.165) is 22.5 Å². The van der Waals surface area contributed by atoms with Crippen LogP contribution in [0.5, 0.6) is 0 Å². The Kier molecular flexibility index (Phi) is 2.89. The minimum Gasteiger partial charge on any atom is -0.382 e. The average molecular weight is 258 g/mol. The van der Waals surface area contributed by atoms with E-state index in [1.165, 1.54) is 4.88 Å². The number of imidazole rings is 1. The highest BCUT2D eigenvalue weighted by Crippen LogP contribution is 2.31. The second kappa shape index (κ2) is 4.55. The van der Waals surface area contributed by atoms with E-state index < -0.39 is 6.10 Å². The summed E-state index contributed by atoms with van der Waals surface area (Å²) in [5, 5.41) is 10.6. The fourth-order valence-electron chi connectivity index (χ4n) is 2.18. The number of rotatable bonds is 3. The lowest BCUT2D eigenvalue weighted by Crippen LogP contribution is -2.05. The molecule has 1 unspecified atom stereocenters. The molecule has 3 rings (SSSR count).